The first-order valence-electron chi connectivity index (χ1n) is 35.0. The van der Waals surface area contributed by atoms with Crippen molar-refractivity contribution in [1.82, 2.24) is 29.1 Å². The molecule has 8 heteroatoms. The van der Waals surface area contributed by atoms with Gasteiger partial charge in [-0.15, -0.1) is 22.7 Å². The van der Waals surface area contributed by atoms with Crippen LogP contribution in [0.15, 0.2) is 364 Å². The van der Waals surface area contributed by atoms with Gasteiger partial charge < -0.3 is 9.13 Å². The fraction of sp³-hybridized carbons (Fsp3) is 0. The second kappa shape index (κ2) is 25.4. The predicted octanol–water partition coefficient (Wildman–Crippen LogP) is 26.2. The van der Waals surface area contributed by atoms with E-state index < -0.39 is 0 Å². The second-order valence-electron chi connectivity index (χ2n) is 26.5. The third-order valence-electron chi connectivity index (χ3n) is 20.2. The van der Waals surface area contributed by atoms with Gasteiger partial charge in [-0.25, -0.2) is 19.9 Å². The molecule has 486 valence electrons. The monoisotopic (exact) mass is 1360 g/mol. The lowest BCUT2D eigenvalue weighted by Gasteiger charge is -2.14. The number of aromatic nitrogens is 6. The largest absolute Gasteiger partial charge is 0.309 e. The number of hydrogen-bond donors (Lipinski definition) is 0. The number of benzene rings is 14. The van der Waals surface area contributed by atoms with Crippen molar-refractivity contribution >= 4 is 86.5 Å². The van der Waals surface area contributed by atoms with Gasteiger partial charge in [-0.05, 0) is 177 Å². The van der Waals surface area contributed by atoms with Crippen molar-refractivity contribution < 1.29 is 0 Å². The molecule has 0 amide bonds. The molecule has 0 radical (unpaired) electrons. The molecule has 0 unspecified atom stereocenters. The Kier molecular flexibility index (Phi) is 14.8. The number of thiophene rings is 2. The Morgan fingerprint density at radius 2 is 0.596 bits per heavy atom. The first-order chi connectivity index (χ1) is 51.5. The van der Waals surface area contributed by atoms with Gasteiger partial charge in [0.25, 0.3) is 0 Å². The Hall–Kier alpha value is -13.2. The highest BCUT2D eigenvalue weighted by Crippen LogP contribution is 2.44. The zero-order valence-electron chi connectivity index (χ0n) is 56.1. The van der Waals surface area contributed by atoms with Crippen LogP contribution in [0, 0.1) is 0 Å². The van der Waals surface area contributed by atoms with E-state index in [9.17, 15) is 0 Å². The maximum Gasteiger partial charge on any atom is 0.160 e. The summed E-state index contributed by atoms with van der Waals surface area (Å²) < 4.78 is 7.31. The fourth-order valence-corrected chi connectivity index (χ4v) is 17.2. The SMILES string of the molecule is c1ccc(-c2cccc(-c3cc(-c4ccc(-c5cc6ccccc6s5)cc4)nc(-c4ccc5c(c4)c4ccc(-c6cccc(-c7ccccc7-c7cc(-c8ccc(-c9cc%10ccccc%10s9)cc8)nc(-c8ccc9c(c8)c8ccccc8n9-c8ccccc8)n7)c6)cc4n5-c4ccccc4)n3)c2)cc1. The molecule has 0 bridgehead atoms. The Morgan fingerprint density at radius 3 is 1.19 bits per heavy atom. The second-order valence-corrected chi connectivity index (χ2v) is 28.7. The third-order valence-corrected chi connectivity index (χ3v) is 22.5. The van der Waals surface area contributed by atoms with Crippen molar-refractivity contribution in [3.63, 3.8) is 0 Å². The Morgan fingerprint density at radius 1 is 0.202 bits per heavy atom. The molecule has 0 aliphatic carbocycles. The molecular formula is C96H60N6S2. The van der Waals surface area contributed by atoms with E-state index in [-0.39, 0.29) is 0 Å². The van der Waals surface area contributed by atoms with Crippen molar-refractivity contribution in [2.24, 2.45) is 0 Å². The number of rotatable bonds is 13. The Labute approximate surface area is 608 Å². The van der Waals surface area contributed by atoms with Gasteiger partial charge >= 0.3 is 0 Å². The van der Waals surface area contributed by atoms with Crippen LogP contribution in [0.1, 0.15) is 0 Å². The number of para-hydroxylation sites is 3. The molecule has 104 heavy (non-hydrogen) atoms. The molecule has 0 atom stereocenters. The van der Waals surface area contributed by atoms with Crippen molar-refractivity contribution in [1.29, 1.82) is 0 Å². The van der Waals surface area contributed by atoms with Crippen LogP contribution < -0.4 is 0 Å². The van der Waals surface area contributed by atoms with Gasteiger partial charge in [0.1, 0.15) is 0 Å². The summed E-state index contributed by atoms with van der Waals surface area (Å²) in [6, 6.07) is 131. The van der Waals surface area contributed by atoms with Gasteiger partial charge in [-0.2, -0.15) is 0 Å². The van der Waals surface area contributed by atoms with E-state index in [2.05, 4.69) is 373 Å². The third kappa shape index (κ3) is 11.0. The van der Waals surface area contributed by atoms with Gasteiger partial charge in [0.15, 0.2) is 11.6 Å². The lowest BCUT2D eigenvalue weighted by atomic mass is 9.93. The molecule has 0 aliphatic heterocycles. The van der Waals surface area contributed by atoms with Gasteiger partial charge in [-0.3, -0.25) is 0 Å². The molecular weight excluding hydrogens is 1300 g/mol. The first kappa shape index (κ1) is 60.7. The first-order valence-corrected chi connectivity index (χ1v) is 36.7. The fourth-order valence-electron chi connectivity index (χ4n) is 15.1. The molecule has 6 heterocycles. The van der Waals surface area contributed by atoms with E-state index in [0.717, 1.165) is 139 Å². The topological polar surface area (TPSA) is 61.4 Å². The Balaban J connectivity index is 0.690. The lowest BCUT2D eigenvalue weighted by Crippen LogP contribution is -1.97. The van der Waals surface area contributed by atoms with Gasteiger partial charge in [0.05, 0.1) is 44.8 Å². The van der Waals surface area contributed by atoms with Gasteiger partial charge in [0.2, 0.25) is 0 Å². The molecule has 0 saturated carbocycles. The standard InChI is InChI=1S/C96H60N6S2/c1-4-20-61(21-5-1)66-24-19-27-70(53-66)85-59-83(62-38-42-64(43-39-62)93-57-71-22-10-16-36-91(71)103-93)97-95(99-85)73-48-51-89-82(55-73)80-49-46-68(56-90(80)102(89)76-30-8-3-9-31-76)67-25-18-26-69(52-67)77-32-12-13-33-78(77)86-60-84(63-40-44-65(45-41-63)94-58-72-23-11-17-37-92(72)104-94)98-96(100-86)74-47-50-88-81(54-74)79-34-14-15-35-87(79)101(88)75-28-6-2-7-29-75/h1-60H. The zero-order valence-corrected chi connectivity index (χ0v) is 57.8. The van der Waals surface area contributed by atoms with Crippen molar-refractivity contribution in [3.05, 3.63) is 364 Å². The van der Waals surface area contributed by atoms with Crippen LogP contribution in [0.5, 0.6) is 0 Å². The molecule has 0 N–H and O–H groups in total. The highest BCUT2D eigenvalue weighted by Gasteiger charge is 2.22. The van der Waals surface area contributed by atoms with Crippen LogP contribution in [-0.4, -0.2) is 29.1 Å². The van der Waals surface area contributed by atoms with E-state index in [1.54, 1.807) is 0 Å². The van der Waals surface area contributed by atoms with Crippen LogP contribution in [0.3, 0.4) is 0 Å². The molecule has 6 aromatic heterocycles. The maximum absolute atomic E-state index is 5.57. The summed E-state index contributed by atoms with van der Waals surface area (Å²) in [4.78, 5) is 24.4. The van der Waals surface area contributed by atoms with Gasteiger partial charge in [0, 0.05) is 85.5 Å². The normalized spacial score (nSPS) is 11.7. The summed E-state index contributed by atoms with van der Waals surface area (Å²) >= 11 is 3.64. The maximum atomic E-state index is 5.57. The Bertz CT molecular complexity index is 6640. The van der Waals surface area contributed by atoms with Crippen LogP contribution in [-0.2, 0) is 0 Å². The van der Waals surface area contributed by atoms with E-state index >= 15 is 0 Å². The summed E-state index contributed by atoms with van der Waals surface area (Å²) in [5.41, 5.74) is 25.0. The van der Waals surface area contributed by atoms with Crippen molar-refractivity contribution in [3.8, 4) is 133 Å². The average molecular weight is 1360 g/mol. The minimum absolute atomic E-state index is 0.655. The molecule has 14 aromatic carbocycles. The highest BCUT2D eigenvalue weighted by molar-refractivity contribution is 7.22. The van der Waals surface area contributed by atoms with Crippen LogP contribution in [0.25, 0.3) is 197 Å². The lowest BCUT2D eigenvalue weighted by molar-refractivity contribution is 1.17. The summed E-state index contributed by atoms with van der Waals surface area (Å²) in [5, 5.41) is 7.07. The van der Waals surface area contributed by atoms with Crippen molar-refractivity contribution in [2.45, 2.75) is 0 Å². The molecule has 0 fully saturated rings. The summed E-state index contributed by atoms with van der Waals surface area (Å²) in [5.74, 6) is 1.31. The quantitative estimate of drug-likeness (QED) is 0.115. The molecule has 0 aliphatic rings. The summed E-state index contributed by atoms with van der Waals surface area (Å²) in [7, 11) is 0. The van der Waals surface area contributed by atoms with E-state index in [0.29, 0.717) is 11.6 Å². The van der Waals surface area contributed by atoms with Crippen molar-refractivity contribution in [2.75, 3.05) is 0 Å². The molecule has 6 nitrogen and oxygen atoms in total. The molecule has 20 rings (SSSR count). The number of fused-ring (bicyclic) bond motifs is 8. The minimum atomic E-state index is 0.655. The van der Waals surface area contributed by atoms with Crippen LogP contribution >= 0.6 is 22.7 Å². The zero-order chi connectivity index (χ0) is 68.6. The molecule has 0 saturated heterocycles. The van der Waals surface area contributed by atoms with E-state index in [1.165, 1.54) is 46.4 Å². The van der Waals surface area contributed by atoms with E-state index in [4.69, 9.17) is 19.9 Å². The average Bonchev–Trinajstić information content (AvgIpc) is 1.57. The van der Waals surface area contributed by atoms with E-state index in [1.807, 2.05) is 22.7 Å². The number of hydrogen-bond acceptors (Lipinski definition) is 6. The van der Waals surface area contributed by atoms with Crippen LogP contribution in [0.4, 0.5) is 0 Å². The minimum Gasteiger partial charge on any atom is -0.309 e. The van der Waals surface area contributed by atoms with Gasteiger partial charge in [-0.1, -0.05) is 243 Å². The highest BCUT2D eigenvalue weighted by atomic mass is 32.1. The number of nitrogens with zero attached hydrogens (tertiary/aromatic N) is 6. The predicted molar refractivity (Wildman–Crippen MR) is 437 cm³/mol. The smallest absolute Gasteiger partial charge is 0.160 e. The summed E-state index contributed by atoms with van der Waals surface area (Å²) in [6.45, 7) is 0. The summed E-state index contributed by atoms with van der Waals surface area (Å²) in [6.07, 6.45) is 0. The van der Waals surface area contributed by atoms with Crippen LogP contribution in [0.2, 0.25) is 0 Å². The molecule has 20 aromatic rings. The molecule has 0 spiro atoms.